The lowest BCUT2D eigenvalue weighted by Gasteiger charge is -2.20. The Labute approximate surface area is 296 Å². The van der Waals surface area contributed by atoms with Crippen LogP contribution in [0.15, 0.2) is 176 Å². The standard InChI is InChI=1S/C49H34N2/c1-2-46-50-44-21-10-11-22-45(44)51(46)37-28-25-35(26-29-37)48-39-18-8-9-19-40(39)49(41-30-27-36(31-43(41)48)32-13-4-3-5-14-32)42-20-12-16-34-24-23-33-15-6-7-17-38(33)47(34)42/h3-31H,2H2,1H3. The summed E-state index contributed by atoms with van der Waals surface area (Å²) in [5, 5.41) is 10.1. The summed E-state index contributed by atoms with van der Waals surface area (Å²) in [6, 6.07) is 64.3. The molecule has 0 bridgehead atoms. The molecular weight excluding hydrogens is 617 g/mol. The van der Waals surface area contributed by atoms with Gasteiger partial charge in [0.05, 0.1) is 11.0 Å². The number of para-hydroxylation sites is 2. The van der Waals surface area contributed by atoms with Crippen molar-refractivity contribution in [1.82, 2.24) is 9.55 Å². The van der Waals surface area contributed by atoms with Gasteiger partial charge < -0.3 is 0 Å². The van der Waals surface area contributed by atoms with Crippen LogP contribution < -0.4 is 0 Å². The van der Waals surface area contributed by atoms with E-state index in [0.29, 0.717) is 0 Å². The lowest BCUT2D eigenvalue weighted by molar-refractivity contribution is 0.908. The largest absolute Gasteiger partial charge is 0.296 e. The van der Waals surface area contributed by atoms with Crippen LogP contribution in [0.2, 0.25) is 0 Å². The average molecular weight is 651 g/mol. The van der Waals surface area contributed by atoms with E-state index in [2.05, 4.69) is 187 Å². The number of hydrogen-bond donors (Lipinski definition) is 0. The van der Waals surface area contributed by atoms with Crippen LogP contribution in [0.1, 0.15) is 12.7 Å². The summed E-state index contributed by atoms with van der Waals surface area (Å²) in [6.45, 7) is 2.18. The molecule has 0 amide bonds. The Bertz CT molecular complexity index is 2930. The molecule has 0 aliphatic carbocycles. The van der Waals surface area contributed by atoms with Crippen LogP contribution in [0.5, 0.6) is 0 Å². The second kappa shape index (κ2) is 11.8. The minimum atomic E-state index is 0.860. The van der Waals surface area contributed by atoms with Gasteiger partial charge in [-0.25, -0.2) is 4.98 Å². The van der Waals surface area contributed by atoms with Gasteiger partial charge >= 0.3 is 0 Å². The van der Waals surface area contributed by atoms with Crippen molar-refractivity contribution in [2.75, 3.05) is 0 Å². The fraction of sp³-hybridized carbons (Fsp3) is 0.0408. The van der Waals surface area contributed by atoms with Crippen LogP contribution in [0.3, 0.4) is 0 Å². The molecule has 10 aromatic rings. The van der Waals surface area contributed by atoms with Gasteiger partial charge in [0.25, 0.3) is 0 Å². The maximum absolute atomic E-state index is 4.95. The molecule has 0 unspecified atom stereocenters. The van der Waals surface area contributed by atoms with Crippen molar-refractivity contribution >= 4 is 54.1 Å². The van der Waals surface area contributed by atoms with Crippen molar-refractivity contribution in [3.8, 4) is 39.1 Å². The van der Waals surface area contributed by atoms with Crippen LogP contribution in [0.25, 0.3) is 93.2 Å². The molecule has 51 heavy (non-hydrogen) atoms. The zero-order valence-electron chi connectivity index (χ0n) is 28.3. The molecule has 1 aromatic heterocycles. The molecule has 10 rings (SSSR count). The van der Waals surface area contributed by atoms with Gasteiger partial charge in [0.1, 0.15) is 5.82 Å². The summed E-state index contributed by atoms with van der Waals surface area (Å²) >= 11 is 0. The van der Waals surface area contributed by atoms with E-state index in [1.807, 2.05) is 0 Å². The normalized spacial score (nSPS) is 11.7. The Morgan fingerprint density at radius 1 is 0.451 bits per heavy atom. The summed E-state index contributed by atoms with van der Waals surface area (Å²) in [5.74, 6) is 1.07. The molecule has 9 aromatic carbocycles. The maximum Gasteiger partial charge on any atom is 0.114 e. The number of fused-ring (bicyclic) bond motifs is 6. The first-order chi connectivity index (χ1) is 25.3. The van der Waals surface area contributed by atoms with Gasteiger partial charge in [0.2, 0.25) is 0 Å². The zero-order chi connectivity index (χ0) is 33.9. The van der Waals surface area contributed by atoms with Crippen molar-refractivity contribution in [3.63, 3.8) is 0 Å². The Balaban J connectivity index is 1.28. The predicted octanol–water partition coefficient (Wildman–Crippen LogP) is 13.2. The van der Waals surface area contributed by atoms with E-state index in [4.69, 9.17) is 4.98 Å². The molecule has 0 fully saturated rings. The molecule has 0 radical (unpaired) electrons. The fourth-order valence-corrected chi connectivity index (χ4v) is 8.24. The molecule has 2 nitrogen and oxygen atoms in total. The Hall–Kier alpha value is -6.51. The van der Waals surface area contributed by atoms with E-state index >= 15 is 0 Å². The molecule has 1 heterocycles. The van der Waals surface area contributed by atoms with Crippen LogP contribution in [0, 0.1) is 0 Å². The minimum Gasteiger partial charge on any atom is -0.296 e. The second-order valence-electron chi connectivity index (χ2n) is 13.4. The molecule has 0 spiro atoms. The second-order valence-corrected chi connectivity index (χ2v) is 13.4. The van der Waals surface area contributed by atoms with Crippen LogP contribution in [0.4, 0.5) is 0 Å². The Morgan fingerprint density at radius 2 is 1.10 bits per heavy atom. The van der Waals surface area contributed by atoms with Crippen LogP contribution >= 0.6 is 0 Å². The average Bonchev–Trinajstić information content (AvgIpc) is 3.59. The van der Waals surface area contributed by atoms with Crippen LogP contribution in [-0.2, 0) is 6.42 Å². The fourth-order valence-electron chi connectivity index (χ4n) is 8.24. The van der Waals surface area contributed by atoms with Crippen molar-refractivity contribution < 1.29 is 0 Å². The van der Waals surface area contributed by atoms with Gasteiger partial charge in [0, 0.05) is 12.1 Å². The minimum absolute atomic E-state index is 0.860. The molecule has 0 saturated heterocycles. The highest BCUT2D eigenvalue weighted by atomic mass is 15.1. The van der Waals surface area contributed by atoms with Gasteiger partial charge in [-0.3, -0.25) is 4.57 Å². The van der Waals surface area contributed by atoms with E-state index < -0.39 is 0 Å². The zero-order valence-corrected chi connectivity index (χ0v) is 28.3. The number of aromatic nitrogens is 2. The topological polar surface area (TPSA) is 17.8 Å². The number of hydrogen-bond acceptors (Lipinski definition) is 1. The van der Waals surface area contributed by atoms with Gasteiger partial charge in [-0.15, -0.1) is 0 Å². The summed E-state index contributed by atoms with van der Waals surface area (Å²) in [6.07, 6.45) is 0.860. The molecule has 0 saturated carbocycles. The molecule has 0 aliphatic heterocycles. The third-order valence-corrected chi connectivity index (χ3v) is 10.5. The first-order valence-corrected chi connectivity index (χ1v) is 17.8. The number of benzene rings is 9. The number of rotatable bonds is 5. The van der Waals surface area contributed by atoms with Crippen molar-refractivity contribution in [2.45, 2.75) is 13.3 Å². The molecular formula is C49H34N2. The highest BCUT2D eigenvalue weighted by Crippen LogP contribution is 2.47. The summed E-state index contributed by atoms with van der Waals surface area (Å²) in [4.78, 5) is 4.95. The molecule has 0 aliphatic rings. The monoisotopic (exact) mass is 650 g/mol. The smallest absolute Gasteiger partial charge is 0.114 e. The lowest BCUT2D eigenvalue weighted by Crippen LogP contribution is -2.00. The van der Waals surface area contributed by atoms with E-state index in [0.717, 1.165) is 29.0 Å². The predicted molar refractivity (Wildman–Crippen MR) is 217 cm³/mol. The van der Waals surface area contributed by atoms with E-state index in [9.17, 15) is 0 Å². The molecule has 2 heteroatoms. The SMILES string of the molecule is CCc1nc2ccccc2n1-c1ccc(-c2c3ccccc3c(-c3cccc4ccc5ccccc5c34)c3ccc(-c4ccccc4)cc23)cc1. The van der Waals surface area contributed by atoms with E-state index in [-0.39, 0.29) is 0 Å². The molecule has 0 atom stereocenters. The quantitative estimate of drug-likeness (QED) is 0.134. The Morgan fingerprint density at radius 3 is 1.92 bits per heavy atom. The number of nitrogens with zero attached hydrogens (tertiary/aromatic N) is 2. The highest BCUT2D eigenvalue weighted by molar-refractivity contribution is 6.26. The van der Waals surface area contributed by atoms with Gasteiger partial charge in [-0.1, -0.05) is 153 Å². The van der Waals surface area contributed by atoms with Crippen molar-refractivity contribution in [2.24, 2.45) is 0 Å². The van der Waals surface area contributed by atoms with Gasteiger partial charge in [0.15, 0.2) is 0 Å². The van der Waals surface area contributed by atoms with Gasteiger partial charge in [-0.05, 0) is 107 Å². The van der Waals surface area contributed by atoms with Crippen molar-refractivity contribution in [1.29, 1.82) is 0 Å². The highest BCUT2D eigenvalue weighted by Gasteiger charge is 2.20. The first-order valence-electron chi connectivity index (χ1n) is 17.8. The van der Waals surface area contributed by atoms with Crippen LogP contribution in [-0.4, -0.2) is 9.55 Å². The molecule has 240 valence electrons. The maximum atomic E-state index is 4.95. The number of aryl methyl sites for hydroxylation is 1. The van der Waals surface area contributed by atoms with Gasteiger partial charge in [-0.2, -0.15) is 0 Å². The van der Waals surface area contributed by atoms with E-state index in [1.165, 1.54) is 76.5 Å². The Kier molecular flexibility index (Phi) is 6.82. The third kappa shape index (κ3) is 4.68. The first kappa shape index (κ1) is 29.4. The summed E-state index contributed by atoms with van der Waals surface area (Å²) in [7, 11) is 0. The number of imidazole rings is 1. The van der Waals surface area contributed by atoms with E-state index in [1.54, 1.807) is 0 Å². The van der Waals surface area contributed by atoms with Crippen molar-refractivity contribution in [3.05, 3.63) is 182 Å². The summed E-state index contributed by atoms with van der Waals surface area (Å²) in [5.41, 5.74) is 10.7. The summed E-state index contributed by atoms with van der Waals surface area (Å²) < 4.78 is 2.30. The molecule has 0 N–H and O–H groups in total. The third-order valence-electron chi connectivity index (χ3n) is 10.5. The lowest BCUT2D eigenvalue weighted by atomic mass is 9.83.